The molecule has 1 saturated heterocycles. The van der Waals surface area contributed by atoms with E-state index in [1.165, 1.54) is 19.1 Å². The Morgan fingerprint density at radius 3 is 2.55 bits per heavy atom. The lowest BCUT2D eigenvalue weighted by atomic mass is 10.3. The van der Waals surface area contributed by atoms with Crippen molar-refractivity contribution in [2.24, 2.45) is 0 Å². The summed E-state index contributed by atoms with van der Waals surface area (Å²) in [5.41, 5.74) is 0. The van der Waals surface area contributed by atoms with E-state index in [0.717, 1.165) is 0 Å². The lowest BCUT2D eigenvalue weighted by Gasteiger charge is -2.28. The molecule has 1 aromatic rings. The molecule has 1 amide bonds. The topological polar surface area (TPSA) is 97.0 Å². The predicted molar refractivity (Wildman–Crippen MR) is 68.9 cm³/mol. The Labute approximate surface area is 118 Å². The van der Waals surface area contributed by atoms with Crippen molar-refractivity contribution in [3.63, 3.8) is 0 Å². The molecule has 1 fully saturated rings. The number of rotatable bonds is 4. The Bertz CT molecular complexity index is 534. The van der Waals surface area contributed by atoms with E-state index in [9.17, 15) is 13.8 Å². The van der Waals surface area contributed by atoms with Crippen LogP contribution >= 0.6 is 0 Å². The van der Waals surface area contributed by atoms with Crippen LogP contribution in [0.25, 0.3) is 0 Å². The molecule has 0 bridgehead atoms. The molecule has 110 valence electrons. The minimum Gasteiger partial charge on any atom is -0.475 e. The first-order valence-corrected chi connectivity index (χ1v) is 7.32. The van der Waals surface area contributed by atoms with Gasteiger partial charge in [-0.2, -0.15) is 0 Å². The fourth-order valence-electron chi connectivity index (χ4n) is 1.85. The molecule has 1 aliphatic heterocycles. The third kappa shape index (κ3) is 3.07. The molecule has 1 aliphatic rings. The minimum atomic E-state index is -1.72. The average molecular weight is 301 g/mol. The number of hydrogen-bond acceptors (Lipinski definition) is 5. The normalized spacial score (nSPS) is 18.6. The van der Waals surface area contributed by atoms with E-state index in [0.29, 0.717) is 26.3 Å². The van der Waals surface area contributed by atoms with Gasteiger partial charge in [0.2, 0.25) is 11.7 Å². The number of furan rings is 1. The molecule has 1 N–H and O–H groups in total. The number of morpholine rings is 1. The summed E-state index contributed by atoms with van der Waals surface area (Å²) in [5, 5.41) is 7.96. The van der Waals surface area contributed by atoms with E-state index in [4.69, 9.17) is 14.3 Å². The lowest BCUT2D eigenvalue weighted by Crippen LogP contribution is -2.45. The molecule has 8 heteroatoms. The molecule has 0 aliphatic carbocycles. The Kier molecular flexibility index (Phi) is 4.56. The smallest absolute Gasteiger partial charge is 0.371 e. The highest BCUT2D eigenvalue weighted by atomic mass is 32.2. The van der Waals surface area contributed by atoms with E-state index in [2.05, 4.69) is 0 Å². The van der Waals surface area contributed by atoms with Gasteiger partial charge in [-0.05, 0) is 19.1 Å². The van der Waals surface area contributed by atoms with Crippen LogP contribution in [0.4, 0.5) is 0 Å². The Hall–Kier alpha value is -1.67. The van der Waals surface area contributed by atoms with Crippen LogP contribution in [0.15, 0.2) is 21.6 Å². The van der Waals surface area contributed by atoms with Crippen LogP contribution < -0.4 is 0 Å². The molecule has 1 aromatic heterocycles. The van der Waals surface area contributed by atoms with Gasteiger partial charge in [0, 0.05) is 13.1 Å². The van der Waals surface area contributed by atoms with Crippen molar-refractivity contribution in [1.29, 1.82) is 0 Å². The molecule has 2 unspecified atom stereocenters. The summed E-state index contributed by atoms with van der Waals surface area (Å²) in [5.74, 6) is -1.78. The van der Waals surface area contributed by atoms with Crippen LogP contribution in [-0.2, 0) is 20.3 Å². The van der Waals surface area contributed by atoms with Crippen molar-refractivity contribution < 1.29 is 28.1 Å². The third-order valence-electron chi connectivity index (χ3n) is 2.98. The number of carbonyl (C=O) groups is 2. The van der Waals surface area contributed by atoms with Crippen molar-refractivity contribution in [2.75, 3.05) is 26.3 Å². The standard InChI is InChI=1S/C12H15NO6S/c1-8(11(14)13-4-6-18-7-5-13)20(17)10-3-2-9(19-10)12(15)16/h2-3,8H,4-7H2,1H3,(H,15,16). The van der Waals surface area contributed by atoms with Crippen LogP contribution in [0.5, 0.6) is 0 Å². The second kappa shape index (κ2) is 6.19. The number of carbonyl (C=O) groups excluding carboxylic acids is 1. The SMILES string of the molecule is CC(C(=O)N1CCOCC1)S(=O)c1ccc(C(=O)O)o1. The van der Waals surface area contributed by atoms with Crippen LogP contribution in [0.1, 0.15) is 17.5 Å². The van der Waals surface area contributed by atoms with E-state index in [1.54, 1.807) is 4.90 Å². The maximum atomic E-state index is 12.2. The Balaban J connectivity index is 2.06. The fraction of sp³-hybridized carbons (Fsp3) is 0.500. The van der Waals surface area contributed by atoms with Crippen molar-refractivity contribution in [2.45, 2.75) is 17.3 Å². The highest BCUT2D eigenvalue weighted by Gasteiger charge is 2.29. The summed E-state index contributed by atoms with van der Waals surface area (Å²) in [4.78, 5) is 24.5. The first kappa shape index (κ1) is 14.7. The molecule has 20 heavy (non-hydrogen) atoms. The van der Waals surface area contributed by atoms with Gasteiger partial charge in [-0.25, -0.2) is 4.79 Å². The highest BCUT2D eigenvalue weighted by Crippen LogP contribution is 2.17. The van der Waals surface area contributed by atoms with Crippen molar-refractivity contribution in [3.05, 3.63) is 17.9 Å². The number of carboxylic acids is 1. The van der Waals surface area contributed by atoms with Crippen LogP contribution in [-0.4, -0.2) is 57.6 Å². The number of nitrogens with zero attached hydrogens (tertiary/aromatic N) is 1. The number of amides is 1. The monoisotopic (exact) mass is 301 g/mol. The molecule has 7 nitrogen and oxygen atoms in total. The van der Waals surface area contributed by atoms with Gasteiger partial charge in [-0.3, -0.25) is 9.00 Å². The molecule has 0 aromatic carbocycles. The van der Waals surface area contributed by atoms with E-state index in [1.807, 2.05) is 0 Å². The summed E-state index contributed by atoms with van der Waals surface area (Å²) in [7, 11) is -1.72. The average Bonchev–Trinajstić information content (AvgIpc) is 2.96. The summed E-state index contributed by atoms with van der Waals surface area (Å²) >= 11 is 0. The Morgan fingerprint density at radius 2 is 2.00 bits per heavy atom. The van der Waals surface area contributed by atoms with Gasteiger partial charge in [-0.15, -0.1) is 0 Å². The molecule has 2 rings (SSSR count). The lowest BCUT2D eigenvalue weighted by molar-refractivity contribution is -0.134. The van der Waals surface area contributed by atoms with Gasteiger partial charge in [0.25, 0.3) is 0 Å². The molecule has 0 spiro atoms. The van der Waals surface area contributed by atoms with E-state index >= 15 is 0 Å². The van der Waals surface area contributed by atoms with E-state index < -0.39 is 22.0 Å². The van der Waals surface area contributed by atoms with E-state index in [-0.39, 0.29) is 16.8 Å². The molecular formula is C12H15NO6S. The first-order valence-electron chi connectivity index (χ1n) is 6.11. The quantitative estimate of drug-likeness (QED) is 0.861. The van der Waals surface area contributed by atoms with Gasteiger partial charge < -0.3 is 19.2 Å². The number of ether oxygens (including phenoxy) is 1. The first-order chi connectivity index (χ1) is 9.50. The van der Waals surface area contributed by atoms with Gasteiger partial charge in [0.05, 0.1) is 13.2 Å². The zero-order valence-corrected chi connectivity index (χ0v) is 11.7. The van der Waals surface area contributed by atoms with Crippen LogP contribution in [0.2, 0.25) is 0 Å². The molecular weight excluding hydrogens is 286 g/mol. The minimum absolute atomic E-state index is 0.00323. The number of carboxylic acid groups (broad SMARTS) is 1. The Morgan fingerprint density at radius 1 is 1.35 bits per heavy atom. The highest BCUT2D eigenvalue weighted by molar-refractivity contribution is 7.86. The number of hydrogen-bond donors (Lipinski definition) is 1. The molecule has 2 heterocycles. The van der Waals surface area contributed by atoms with Crippen molar-refractivity contribution in [1.82, 2.24) is 4.90 Å². The summed E-state index contributed by atoms with van der Waals surface area (Å²) in [6.45, 7) is 3.42. The third-order valence-corrected chi connectivity index (χ3v) is 4.44. The largest absolute Gasteiger partial charge is 0.475 e. The molecule has 0 saturated carbocycles. The van der Waals surface area contributed by atoms with Crippen LogP contribution in [0, 0.1) is 0 Å². The summed E-state index contributed by atoms with van der Waals surface area (Å²) in [6, 6.07) is 2.55. The second-order valence-corrected chi connectivity index (χ2v) is 6.01. The fourth-order valence-corrected chi connectivity index (χ4v) is 2.90. The molecule has 0 radical (unpaired) electrons. The summed E-state index contributed by atoms with van der Waals surface area (Å²) < 4.78 is 22.3. The zero-order valence-electron chi connectivity index (χ0n) is 10.9. The van der Waals surface area contributed by atoms with Crippen molar-refractivity contribution in [3.8, 4) is 0 Å². The van der Waals surface area contributed by atoms with Gasteiger partial charge in [-0.1, -0.05) is 0 Å². The van der Waals surface area contributed by atoms with Crippen LogP contribution in [0.3, 0.4) is 0 Å². The van der Waals surface area contributed by atoms with Gasteiger partial charge >= 0.3 is 5.97 Å². The van der Waals surface area contributed by atoms with Crippen molar-refractivity contribution >= 4 is 22.7 Å². The zero-order chi connectivity index (χ0) is 14.7. The maximum absolute atomic E-state index is 12.2. The van der Waals surface area contributed by atoms with Gasteiger partial charge in [0.15, 0.2) is 5.09 Å². The maximum Gasteiger partial charge on any atom is 0.371 e. The number of aromatic carboxylic acids is 1. The summed E-state index contributed by atoms with van der Waals surface area (Å²) in [6.07, 6.45) is 0. The van der Waals surface area contributed by atoms with Gasteiger partial charge in [0.1, 0.15) is 16.0 Å². The second-order valence-electron chi connectivity index (χ2n) is 4.30. The molecule has 2 atom stereocenters. The predicted octanol–water partition coefficient (Wildman–Crippen LogP) is 0.333.